The number of halogens is 2. The van der Waals surface area contributed by atoms with Gasteiger partial charge in [0.2, 0.25) is 0 Å². The average molecular weight is 179 g/mol. The van der Waals surface area contributed by atoms with Gasteiger partial charge >= 0.3 is 0 Å². The zero-order chi connectivity index (χ0) is 9.03. The lowest BCUT2D eigenvalue weighted by Crippen LogP contribution is -2.43. The van der Waals surface area contributed by atoms with Crippen LogP contribution in [0.2, 0.25) is 0 Å². The van der Waals surface area contributed by atoms with E-state index in [1.807, 2.05) is 0 Å². The number of rotatable bonds is 5. The first-order valence-electron chi connectivity index (χ1n) is 4.31. The van der Waals surface area contributed by atoms with E-state index in [0.29, 0.717) is 13.0 Å². The number of hydrogen-bond donors (Lipinski definition) is 1. The highest BCUT2D eigenvalue weighted by Gasteiger charge is 2.37. The van der Waals surface area contributed by atoms with Gasteiger partial charge in [-0.15, -0.1) is 0 Å². The second kappa shape index (κ2) is 4.14. The van der Waals surface area contributed by atoms with E-state index >= 15 is 0 Å². The maximum atomic E-state index is 11.8. The topological polar surface area (TPSA) is 35.2 Å². The zero-order valence-corrected chi connectivity index (χ0v) is 7.06. The number of hydrogen-bond acceptors (Lipinski definition) is 2. The molecule has 0 atom stereocenters. The predicted molar refractivity (Wildman–Crippen MR) is 42.2 cm³/mol. The molecule has 1 aliphatic rings. The van der Waals surface area contributed by atoms with Gasteiger partial charge in [-0.25, -0.2) is 8.78 Å². The van der Waals surface area contributed by atoms with Crippen LogP contribution in [0, 0.1) is 0 Å². The van der Waals surface area contributed by atoms with Crippen LogP contribution in [0.3, 0.4) is 0 Å². The molecule has 2 nitrogen and oxygen atoms in total. The largest absolute Gasteiger partial charge is 0.369 e. The highest BCUT2D eigenvalue weighted by Crippen LogP contribution is 2.38. The summed E-state index contributed by atoms with van der Waals surface area (Å²) in [7, 11) is 0. The molecular formula is C8H15F2NO. The fourth-order valence-corrected chi connectivity index (χ4v) is 1.54. The molecule has 0 bridgehead atoms. The molecular weight excluding hydrogens is 164 g/mol. The van der Waals surface area contributed by atoms with Gasteiger partial charge in [0.25, 0.3) is 6.43 Å². The molecule has 0 aromatic carbocycles. The third-order valence-corrected chi connectivity index (χ3v) is 2.38. The molecule has 4 heteroatoms. The molecule has 2 N–H and O–H groups in total. The van der Waals surface area contributed by atoms with Gasteiger partial charge in [0.15, 0.2) is 0 Å². The Balaban J connectivity index is 2.24. The van der Waals surface area contributed by atoms with Crippen molar-refractivity contribution in [3.8, 4) is 0 Å². The number of nitrogens with two attached hydrogens (primary N) is 1. The summed E-state index contributed by atoms with van der Waals surface area (Å²) in [6, 6.07) is 0. The van der Waals surface area contributed by atoms with Crippen molar-refractivity contribution in [3.63, 3.8) is 0 Å². The van der Waals surface area contributed by atoms with E-state index in [1.165, 1.54) is 0 Å². The maximum Gasteiger partial charge on any atom is 0.261 e. The third kappa shape index (κ3) is 2.38. The van der Waals surface area contributed by atoms with E-state index in [1.54, 1.807) is 0 Å². The average Bonchev–Trinajstić information content (AvgIpc) is 1.94. The molecule has 1 rings (SSSR count). The van der Waals surface area contributed by atoms with Crippen LogP contribution < -0.4 is 5.73 Å². The van der Waals surface area contributed by atoms with Crippen molar-refractivity contribution in [3.05, 3.63) is 0 Å². The van der Waals surface area contributed by atoms with Crippen molar-refractivity contribution in [1.29, 1.82) is 0 Å². The fraction of sp³-hybridized carbons (Fsp3) is 1.00. The standard InChI is InChI=1S/C8H15F2NO/c9-7(10)6-12-8(4-5-11)2-1-3-8/h7H,1-6,11H2. The second-order valence-corrected chi connectivity index (χ2v) is 3.28. The van der Waals surface area contributed by atoms with Crippen molar-refractivity contribution >= 4 is 0 Å². The summed E-state index contributed by atoms with van der Waals surface area (Å²) in [6.07, 6.45) is 1.19. The molecule has 0 unspecified atom stereocenters. The van der Waals surface area contributed by atoms with Gasteiger partial charge in [-0.05, 0) is 32.2 Å². The summed E-state index contributed by atoms with van der Waals surface area (Å²) in [5.74, 6) is 0. The van der Waals surface area contributed by atoms with Gasteiger partial charge in [-0.2, -0.15) is 0 Å². The van der Waals surface area contributed by atoms with Crippen LogP contribution in [0.15, 0.2) is 0 Å². The summed E-state index contributed by atoms with van der Waals surface area (Å²) in [4.78, 5) is 0. The van der Waals surface area contributed by atoms with E-state index in [2.05, 4.69) is 0 Å². The van der Waals surface area contributed by atoms with Crippen LogP contribution in [-0.4, -0.2) is 25.2 Å². The highest BCUT2D eigenvalue weighted by molar-refractivity contribution is 4.89. The molecule has 0 aromatic rings. The molecule has 1 aliphatic carbocycles. The van der Waals surface area contributed by atoms with Crippen molar-refractivity contribution < 1.29 is 13.5 Å². The van der Waals surface area contributed by atoms with Gasteiger partial charge in [0.1, 0.15) is 6.61 Å². The lowest BCUT2D eigenvalue weighted by atomic mass is 9.77. The van der Waals surface area contributed by atoms with E-state index in [-0.39, 0.29) is 5.60 Å². The summed E-state index contributed by atoms with van der Waals surface area (Å²) in [5, 5.41) is 0. The summed E-state index contributed by atoms with van der Waals surface area (Å²) in [6.45, 7) is 0.0727. The minimum atomic E-state index is -2.36. The Morgan fingerprint density at radius 2 is 2.08 bits per heavy atom. The second-order valence-electron chi connectivity index (χ2n) is 3.28. The van der Waals surface area contributed by atoms with Crippen molar-refractivity contribution in [2.45, 2.75) is 37.7 Å². The first-order valence-corrected chi connectivity index (χ1v) is 4.31. The van der Waals surface area contributed by atoms with Crippen LogP contribution in [-0.2, 0) is 4.74 Å². The molecule has 72 valence electrons. The van der Waals surface area contributed by atoms with Gasteiger partial charge < -0.3 is 10.5 Å². The zero-order valence-electron chi connectivity index (χ0n) is 7.06. The van der Waals surface area contributed by atoms with Crippen LogP contribution in [0.5, 0.6) is 0 Å². The van der Waals surface area contributed by atoms with Gasteiger partial charge in [-0.1, -0.05) is 0 Å². The molecule has 1 saturated carbocycles. The third-order valence-electron chi connectivity index (χ3n) is 2.38. The highest BCUT2D eigenvalue weighted by atomic mass is 19.3. The molecule has 12 heavy (non-hydrogen) atoms. The van der Waals surface area contributed by atoms with E-state index in [0.717, 1.165) is 19.3 Å². The molecule has 0 saturated heterocycles. The molecule has 0 spiro atoms. The fourth-order valence-electron chi connectivity index (χ4n) is 1.54. The van der Waals surface area contributed by atoms with Crippen LogP contribution >= 0.6 is 0 Å². The molecule has 0 aromatic heterocycles. The van der Waals surface area contributed by atoms with Gasteiger partial charge in [0, 0.05) is 0 Å². The monoisotopic (exact) mass is 179 g/mol. The number of alkyl halides is 2. The van der Waals surface area contributed by atoms with Crippen molar-refractivity contribution in [2.75, 3.05) is 13.2 Å². The van der Waals surface area contributed by atoms with Crippen molar-refractivity contribution in [2.24, 2.45) is 5.73 Å². The van der Waals surface area contributed by atoms with Crippen LogP contribution in [0.25, 0.3) is 0 Å². The molecule has 0 amide bonds. The normalized spacial score (nSPS) is 21.0. The summed E-state index contributed by atoms with van der Waals surface area (Å²) < 4.78 is 28.8. The lowest BCUT2D eigenvalue weighted by molar-refractivity contribution is -0.132. The Morgan fingerprint density at radius 1 is 1.42 bits per heavy atom. The molecule has 0 aliphatic heterocycles. The van der Waals surface area contributed by atoms with E-state index < -0.39 is 13.0 Å². The van der Waals surface area contributed by atoms with Gasteiger partial charge in [0.05, 0.1) is 5.60 Å². The minimum absolute atomic E-state index is 0.300. The summed E-state index contributed by atoms with van der Waals surface area (Å²) in [5.41, 5.74) is 5.06. The Labute approximate surface area is 71.1 Å². The molecule has 0 heterocycles. The maximum absolute atomic E-state index is 11.8. The van der Waals surface area contributed by atoms with E-state index in [9.17, 15) is 8.78 Å². The van der Waals surface area contributed by atoms with Gasteiger partial charge in [-0.3, -0.25) is 0 Å². The smallest absolute Gasteiger partial charge is 0.261 e. The Morgan fingerprint density at radius 3 is 2.42 bits per heavy atom. The lowest BCUT2D eigenvalue weighted by Gasteiger charge is -2.41. The van der Waals surface area contributed by atoms with Crippen molar-refractivity contribution in [1.82, 2.24) is 0 Å². The first kappa shape index (κ1) is 9.86. The molecule has 0 radical (unpaired) electrons. The first-order chi connectivity index (χ1) is 5.68. The Hall–Kier alpha value is -0.220. The molecule has 1 fully saturated rings. The summed E-state index contributed by atoms with van der Waals surface area (Å²) >= 11 is 0. The predicted octanol–water partition coefficient (Wildman–Crippen LogP) is 1.54. The van der Waals surface area contributed by atoms with Crippen LogP contribution in [0.1, 0.15) is 25.7 Å². The SMILES string of the molecule is NCCC1(OCC(F)F)CCC1. The minimum Gasteiger partial charge on any atom is -0.369 e. The number of ether oxygens (including phenoxy) is 1. The van der Waals surface area contributed by atoms with Crippen LogP contribution in [0.4, 0.5) is 8.78 Å². The quantitative estimate of drug-likeness (QED) is 0.694. The van der Waals surface area contributed by atoms with E-state index in [4.69, 9.17) is 10.5 Å². The Kier molecular flexibility index (Phi) is 3.40. The Bertz CT molecular complexity index is 137.